The molecule has 0 aliphatic heterocycles. The van der Waals surface area contributed by atoms with E-state index in [-0.39, 0.29) is 29.3 Å². The summed E-state index contributed by atoms with van der Waals surface area (Å²) in [7, 11) is 2.94. The van der Waals surface area contributed by atoms with Gasteiger partial charge in [-0.3, -0.25) is 15.6 Å². The highest BCUT2D eigenvalue weighted by atomic mass is 16.7. The number of nitrogens with one attached hydrogen (secondary N) is 3. The van der Waals surface area contributed by atoms with E-state index in [0.717, 1.165) is 5.56 Å². The third-order valence-electron chi connectivity index (χ3n) is 3.65. The maximum Gasteiger partial charge on any atom is 0.255 e. The van der Waals surface area contributed by atoms with Crippen molar-refractivity contribution in [3.63, 3.8) is 0 Å². The molecule has 1 aliphatic carbocycles. The molecule has 1 aliphatic rings. The Labute approximate surface area is 151 Å². The number of hydrazone groups is 1. The molecule has 4 N–H and O–H groups in total. The smallest absolute Gasteiger partial charge is 0.255 e. The maximum atomic E-state index is 12.4. The van der Waals surface area contributed by atoms with Crippen LogP contribution in [0.25, 0.3) is 0 Å². The normalized spacial score (nSPS) is 14.9. The van der Waals surface area contributed by atoms with E-state index in [0.29, 0.717) is 5.71 Å². The molecule has 1 aromatic rings. The van der Waals surface area contributed by atoms with Crippen molar-refractivity contribution < 1.29 is 19.4 Å². The quantitative estimate of drug-likeness (QED) is 0.257. The molecule has 0 unspecified atom stereocenters. The first-order valence-electron chi connectivity index (χ1n) is 7.91. The zero-order chi connectivity index (χ0) is 19.1. The Morgan fingerprint density at radius 3 is 2.62 bits per heavy atom. The number of rotatable bonds is 7. The van der Waals surface area contributed by atoms with Crippen LogP contribution >= 0.6 is 0 Å². The van der Waals surface area contributed by atoms with E-state index in [4.69, 9.17) is 14.9 Å². The summed E-state index contributed by atoms with van der Waals surface area (Å²) in [6.45, 7) is 1.94. The maximum absolute atomic E-state index is 12.4. The number of carbonyl (C=O) groups is 1. The molecule has 138 valence electrons. The molecule has 2 rings (SSSR count). The Morgan fingerprint density at radius 2 is 1.96 bits per heavy atom. The zero-order valence-electron chi connectivity index (χ0n) is 14.9. The van der Waals surface area contributed by atoms with Gasteiger partial charge in [-0.05, 0) is 36.8 Å². The molecular weight excluding hydrogens is 336 g/mol. The van der Waals surface area contributed by atoms with Crippen LogP contribution < -0.4 is 10.7 Å². The number of ether oxygens (including phenoxy) is 2. The first-order valence-corrected chi connectivity index (χ1v) is 7.91. The van der Waals surface area contributed by atoms with Gasteiger partial charge in [0.1, 0.15) is 5.71 Å². The van der Waals surface area contributed by atoms with Crippen molar-refractivity contribution in [3.8, 4) is 5.75 Å². The molecule has 0 saturated heterocycles. The third kappa shape index (κ3) is 4.78. The van der Waals surface area contributed by atoms with Gasteiger partial charge in [0.25, 0.3) is 5.91 Å². The summed E-state index contributed by atoms with van der Waals surface area (Å²) in [4.78, 5) is 12.4. The Bertz CT molecular complexity index is 780. The number of amides is 1. The molecule has 0 heterocycles. The van der Waals surface area contributed by atoms with Gasteiger partial charge >= 0.3 is 0 Å². The van der Waals surface area contributed by atoms with Gasteiger partial charge in [-0.2, -0.15) is 5.10 Å². The third-order valence-corrected chi connectivity index (χ3v) is 3.65. The van der Waals surface area contributed by atoms with Gasteiger partial charge in [-0.25, -0.2) is 0 Å². The number of aromatic hydroxyl groups is 1. The van der Waals surface area contributed by atoms with Crippen molar-refractivity contribution in [2.24, 2.45) is 5.10 Å². The number of phenols is 1. The fourth-order valence-corrected chi connectivity index (χ4v) is 2.26. The van der Waals surface area contributed by atoms with Crippen molar-refractivity contribution in [2.45, 2.75) is 13.2 Å². The van der Waals surface area contributed by atoms with Crippen LogP contribution in [0, 0.1) is 12.3 Å². The van der Waals surface area contributed by atoms with Gasteiger partial charge in [0.05, 0.1) is 23.5 Å². The lowest BCUT2D eigenvalue weighted by Crippen LogP contribution is -2.34. The van der Waals surface area contributed by atoms with Crippen LogP contribution in [0.2, 0.25) is 0 Å². The minimum absolute atomic E-state index is 0.104. The van der Waals surface area contributed by atoms with E-state index in [2.05, 4.69) is 15.8 Å². The van der Waals surface area contributed by atoms with E-state index in [9.17, 15) is 9.90 Å². The second kappa shape index (κ2) is 8.93. The number of methoxy groups -OCH3 is 2. The van der Waals surface area contributed by atoms with Crippen molar-refractivity contribution in [1.29, 1.82) is 5.41 Å². The molecule has 1 aromatic carbocycles. The number of nitrogens with zero attached hydrogens (tertiary/aromatic N) is 1. The standard InChI is InChI=1S/C18H22N4O4/c1-11-8-12(18(24)20-10-16(25-2)26-3)17(23)15(9-11)22-21-14-7-5-4-6-13(14)19/h4-9,16,19,22-23H,10H2,1-3H3,(H,20,24)/b19-13?,21-14-. The molecule has 0 saturated carbocycles. The van der Waals surface area contributed by atoms with E-state index in [1.807, 2.05) is 0 Å². The lowest BCUT2D eigenvalue weighted by atomic mass is 10.1. The van der Waals surface area contributed by atoms with Gasteiger partial charge in [-0.15, -0.1) is 0 Å². The van der Waals surface area contributed by atoms with Crippen molar-refractivity contribution in [1.82, 2.24) is 5.32 Å². The molecule has 0 atom stereocenters. The first kappa shape index (κ1) is 19.4. The van der Waals surface area contributed by atoms with Gasteiger partial charge in [0, 0.05) is 14.2 Å². The molecule has 0 fully saturated rings. The fraction of sp³-hybridized carbons (Fsp3) is 0.278. The highest BCUT2D eigenvalue weighted by Gasteiger charge is 2.17. The summed E-state index contributed by atoms with van der Waals surface area (Å²) in [5.74, 6) is -0.695. The monoisotopic (exact) mass is 358 g/mol. The molecule has 1 amide bonds. The Balaban J connectivity index is 2.18. The topological polar surface area (TPSA) is 116 Å². The summed E-state index contributed by atoms with van der Waals surface area (Å²) in [5, 5.41) is 25.0. The largest absolute Gasteiger partial charge is 0.505 e. The molecule has 26 heavy (non-hydrogen) atoms. The predicted molar refractivity (Wildman–Crippen MR) is 100 cm³/mol. The fourth-order valence-electron chi connectivity index (χ4n) is 2.26. The number of aryl methyl sites for hydroxylation is 1. The first-order chi connectivity index (χ1) is 12.5. The van der Waals surface area contributed by atoms with Crippen LogP contribution in [0.4, 0.5) is 5.69 Å². The number of allylic oxidation sites excluding steroid dienone is 4. The Morgan fingerprint density at radius 1 is 1.27 bits per heavy atom. The molecule has 0 aromatic heterocycles. The molecule has 0 radical (unpaired) electrons. The highest BCUT2D eigenvalue weighted by Crippen LogP contribution is 2.29. The van der Waals surface area contributed by atoms with E-state index >= 15 is 0 Å². The van der Waals surface area contributed by atoms with Crippen molar-refractivity contribution in [2.75, 3.05) is 26.2 Å². The minimum atomic E-state index is -0.577. The van der Waals surface area contributed by atoms with Crippen LogP contribution in [0.15, 0.2) is 41.5 Å². The second-order valence-electron chi connectivity index (χ2n) is 5.56. The van der Waals surface area contributed by atoms with Crippen molar-refractivity contribution in [3.05, 3.63) is 47.6 Å². The summed E-state index contributed by atoms with van der Waals surface area (Å²) < 4.78 is 10.0. The minimum Gasteiger partial charge on any atom is -0.505 e. The van der Waals surface area contributed by atoms with Gasteiger partial charge in [0.15, 0.2) is 12.0 Å². The molecule has 0 spiro atoms. The summed E-state index contributed by atoms with van der Waals surface area (Å²) in [6, 6.07) is 3.23. The number of carbonyl (C=O) groups excluding carboxylic acids is 1. The number of hydrogen-bond acceptors (Lipinski definition) is 7. The van der Waals surface area contributed by atoms with Crippen LogP contribution in [0.1, 0.15) is 15.9 Å². The van der Waals surface area contributed by atoms with Gasteiger partial charge in [0.2, 0.25) is 0 Å². The molecular formula is C18H22N4O4. The second-order valence-corrected chi connectivity index (χ2v) is 5.56. The summed E-state index contributed by atoms with van der Waals surface area (Å²) in [5.41, 5.74) is 4.52. The SMILES string of the molecule is COC(CNC(=O)c1cc(C)cc(N/N=C2/C=CC=CC2=N)c1O)OC. The number of anilines is 1. The summed E-state index contributed by atoms with van der Waals surface area (Å²) >= 11 is 0. The zero-order valence-corrected chi connectivity index (χ0v) is 14.9. The van der Waals surface area contributed by atoms with Crippen LogP contribution in [0.3, 0.4) is 0 Å². The molecule has 8 nitrogen and oxygen atoms in total. The van der Waals surface area contributed by atoms with Crippen molar-refractivity contribution >= 4 is 23.0 Å². The molecule has 0 bridgehead atoms. The van der Waals surface area contributed by atoms with Gasteiger partial charge < -0.3 is 19.9 Å². The average Bonchev–Trinajstić information content (AvgIpc) is 2.63. The van der Waals surface area contributed by atoms with Crippen LogP contribution in [-0.4, -0.2) is 49.5 Å². The predicted octanol–water partition coefficient (Wildman–Crippen LogP) is 1.96. The summed E-state index contributed by atoms with van der Waals surface area (Å²) in [6.07, 6.45) is 6.20. The molecule has 8 heteroatoms. The lowest BCUT2D eigenvalue weighted by molar-refractivity contribution is -0.0974. The van der Waals surface area contributed by atoms with E-state index in [1.54, 1.807) is 43.4 Å². The van der Waals surface area contributed by atoms with Crippen LogP contribution in [-0.2, 0) is 9.47 Å². The number of hydrogen-bond donors (Lipinski definition) is 4. The number of phenolic OH excluding ortho intramolecular Hbond substituents is 1. The van der Waals surface area contributed by atoms with E-state index in [1.165, 1.54) is 14.2 Å². The average molecular weight is 358 g/mol. The Hall–Kier alpha value is -2.97. The van der Waals surface area contributed by atoms with Crippen LogP contribution in [0.5, 0.6) is 5.75 Å². The van der Waals surface area contributed by atoms with Gasteiger partial charge in [-0.1, -0.05) is 12.2 Å². The number of benzene rings is 1. The lowest BCUT2D eigenvalue weighted by Gasteiger charge is -2.15. The highest BCUT2D eigenvalue weighted by molar-refractivity contribution is 6.50. The Kier molecular flexibility index (Phi) is 6.65. The van der Waals surface area contributed by atoms with E-state index < -0.39 is 12.2 Å².